The maximum Gasteiger partial charge on any atom is 0.0115 e. The first-order valence-corrected chi connectivity index (χ1v) is 4.74. The summed E-state index contributed by atoms with van der Waals surface area (Å²) in [7, 11) is 0. The lowest BCUT2D eigenvalue weighted by Crippen LogP contribution is -2.53. The van der Waals surface area contributed by atoms with E-state index >= 15 is 0 Å². The maximum absolute atomic E-state index is 6.01. The minimum atomic E-state index is 0.257. The Labute approximate surface area is 75.1 Å². The summed E-state index contributed by atoms with van der Waals surface area (Å²) < 4.78 is 0. The van der Waals surface area contributed by atoms with Crippen molar-refractivity contribution in [1.82, 2.24) is 4.90 Å². The van der Waals surface area contributed by atoms with Crippen molar-refractivity contribution in [3.05, 3.63) is 0 Å². The molecule has 3 heteroatoms. The van der Waals surface area contributed by atoms with Gasteiger partial charge in [0.1, 0.15) is 0 Å². The van der Waals surface area contributed by atoms with E-state index in [0.717, 1.165) is 32.6 Å². The van der Waals surface area contributed by atoms with Gasteiger partial charge in [0.15, 0.2) is 0 Å². The van der Waals surface area contributed by atoms with Gasteiger partial charge >= 0.3 is 0 Å². The van der Waals surface area contributed by atoms with Gasteiger partial charge < -0.3 is 16.4 Å². The van der Waals surface area contributed by atoms with Gasteiger partial charge in [-0.15, -0.1) is 0 Å². The minimum Gasteiger partial charge on any atom is -0.329 e. The Balaban J connectivity index is 2.45. The summed E-state index contributed by atoms with van der Waals surface area (Å²) in [6.45, 7) is 8.44. The summed E-state index contributed by atoms with van der Waals surface area (Å²) in [6.07, 6.45) is 1.10. The summed E-state index contributed by atoms with van der Waals surface area (Å²) in [5.41, 5.74) is 11.8. The van der Waals surface area contributed by atoms with Crippen molar-refractivity contribution in [3.8, 4) is 0 Å². The van der Waals surface area contributed by atoms with Crippen molar-refractivity contribution in [2.45, 2.75) is 26.3 Å². The van der Waals surface area contributed by atoms with E-state index in [1.165, 1.54) is 0 Å². The third-order valence-electron chi connectivity index (χ3n) is 2.84. The van der Waals surface area contributed by atoms with Gasteiger partial charge in [0.25, 0.3) is 0 Å². The zero-order chi connectivity index (χ0) is 9.19. The fourth-order valence-electron chi connectivity index (χ4n) is 1.86. The van der Waals surface area contributed by atoms with Crippen LogP contribution in [0.4, 0.5) is 0 Å². The predicted molar refractivity (Wildman–Crippen MR) is 51.9 cm³/mol. The number of likely N-dealkylation sites (tertiary alicyclic amines) is 1. The average molecular weight is 171 g/mol. The lowest BCUT2D eigenvalue weighted by molar-refractivity contribution is 0.0981. The summed E-state index contributed by atoms with van der Waals surface area (Å²) in [5.74, 6) is 0. The van der Waals surface area contributed by atoms with Gasteiger partial charge in [-0.3, -0.25) is 0 Å². The highest BCUT2D eigenvalue weighted by molar-refractivity contribution is 4.89. The largest absolute Gasteiger partial charge is 0.329 e. The molecule has 0 amide bonds. The molecule has 1 saturated heterocycles. The van der Waals surface area contributed by atoms with Crippen molar-refractivity contribution in [1.29, 1.82) is 0 Å². The number of hydrogen-bond acceptors (Lipinski definition) is 3. The molecule has 0 bridgehead atoms. The molecule has 1 atom stereocenters. The zero-order valence-electron chi connectivity index (χ0n) is 8.21. The third kappa shape index (κ3) is 2.19. The lowest BCUT2D eigenvalue weighted by atomic mass is 9.80. The molecule has 0 saturated carbocycles. The first-order chi connectivity index (χ1) is 5.56. The van der Waals surface area contributed by atoms with E-state index < -0.39 is 0 Å². The van der Waals surface area contributed by atoms with Crippen molar-refractivity contribution < 1.29 is 0 Å². The predicted octanol–water partition coefficient (Wildman–Crippen LogP) is 0.00430. The van der Waals surface area contributed by atoms with Crippen LogP contribution in [0.2, 0.25) is 0 Å². The fraction of sp³-hybridized carbons (Fsp3) is 1.00. The molecule has 1 unspecified atom stereocenters. The highest BCUT2D eigenvalue weighted by atomic mass is 15.2. The Morgan fingerprint density at radius 3 is 2.67 bits per heavy atom. The highest BCUT2D eigenvalue weighted by Gasteiger charge is 2.32. The summed E-state index contributed by atoms with van der Waals surface area (Å²) >= 11 is 0. The molecule has 12 heavy (non-hydrogen) atoms. The van der Waals surface area contributed by atoms with E-state index in [1.54, 1.807) is 0 Å². The van der Waals surface area contributed by atoms with E-state index in [1.807, 2.05) is 0 Å². The Kier molecular flexibility index (Phi) is 3.09. The van der Waals surface area contributed by atoms with Crippen LogP contribution < -0.4 is 11.5 Å². The smallest absolute Gasteiger partial charge is 0.0115 e. The van der Waals surface area contributed by atoms with Crippen LogP contribution in [0.3, 0.4) is 0 Å². The highest BCUT2D eigenvalue weighted by Crippen LogP contribution is 2.27. The van der Waals surface area contributed by atoms with Crippen molar-refractivity contribution in [2.75, 3.05) is 26.2 Å². The monoisotopic (exact) mass is 171 g/mol. The van der Waals surface area contributed by atoms with E-state index in [0.29, 0.717) is 6.04 Å². The van der Waals surface area contributed by atoms with Crippen molar-refractivity contribution in [2.24, 2.45) is 16.9 Å². The topological polar surface area (TPSA) is 55.3 Å². The molecule has 1 fully saturated rings. The molecule has 3 nitrogen and oxygen atoms in total. The first-order valence-electron chi connectivity index (χ1n) is 4.74. The van der Waals surface area contributed by atoms with Crippen LogP contribution in [-0.4, -0.2) is 37.1 Å². The minimum absolute atomic E-state index is 0.257. The van der Waals surface area contributed by atoms with Gasteiger partial charge in [0, 0.05) is 25.7 Å². The van der Waals surface area contributed by atoms with Crippen LogP contribution in [0.5, 0.6) is 0 Å². The van der Waals surface area contributed by atoms with Gasteiger partial charge in [-0.1, -0.05) is 13.8 Å². The molecular weight excluding hydrogens is 150 g/mol. The molecule has 72 valence electrons. The van der Waals surface area contributed by atoms with Crippen LogP contribution in [0.25, 0.3) is 0 Å². The molecule has 4 N–H and O–H groups in total. The van der Waals surface area contributed by atoms with E-state index in [2.05, 4.69) is 18.7 Å². The second kappa shape index (κ2) is 3.73. The van der Waals surface area contributed by atoms with Gasteiger partial charge in [-0.05, 0) is 18.4 Å². The van der Waals surface area contributed by atoms with Gasteiger partial charge in [0.05, 0.1) is 0 Å². The summed E-state index contributed by atoms with van der Waals surface area (Å²) in [6, 6.07) is 0.353. The molecule has 1 rings (SSSR count). The van der Waals surface area contributed by atoms with Crippen LogP contribution in [0.1, 0.15) is 20.3 Å². The normalized spacial score (nSPS) is 30.5. The number of rotatable bonds is 2. The van der Waals surface area contributed by atoms with Gasteiger partial charge in [-0.2, -0.15) is 0 Å². The van der Waals surface area contributed by atoms with Crippen LogP contribution >= 0.6 is 0 Å². The Hall–Kier alpha value is -0.120. The van der Waals surface area contributed by atoms with E-state index in [4.69, 9.17) is 11.5 Å². The maximum atomic E-state index is 6.01. The zero-order valence-corrected chi connectivity index (χ0v) is 8.21. The molecule has 1 aliphatic heterocycles. The molecular formula is C9H21N3. The molecule has 1 aliphatic rings. The molecule has 0 aromatic rings. The second-order valence-electron chi connectivity index (χ2n) is 4.45. The number of nitrogens with two attached hydrogens (primary N) is 2. The second-order valence-corrected chi connectivity index (χ2v) is 4.45. The molecule has 0 radical (unpaired) electrons. The number of piperidine rings is 1. The van der Waals surface area contributed by atoms with Gasteiger partial charge in [-0.25, -0.2) is 0 Å². The number of hydrogen-bond donors (Lipinski definition) is 2. The fourth-order valence-corrected chi connectivity index (χ4v) is 1.86. The molecule has 0 aromatic heterocycles. The Morgan fingerprint density at radius 1 is 1.50 bits per heavy atom. The Bertz CT molecular complexity index is 145. The average Bonchev–Trinajstić information content (AvgIpc) is 1.97. The SMILES string of the molecule is CC1(C)CN(CCN)CCC1N. The number of nitrogens with zero attached hydrogens (tertiary/aromatic N) is 1. The van der Waals surface area contributed by atoms with E-state index in [-0.39, 0.29) is 5.41 Å². The van der Waals surface area contributed by atoms with Crippen LogP contribution in [0, 0.1) is 5.41 Å². The standard InChI is InChI=1S/C9H21N3/c1-9(2)7-12(6-4-10)5-3-8(9)11/h8H,3-7,10-11H2,1-2H3. The van der Waals surface area contributed by atoms with Crippen LogP contribution in [0.15, 0.2) is 0 Å². The Morgan fingerprint density at radius 2 is 2.17 bits per heavy atom. The molecule has 0 aromatic carbocycles. The summed E-state index contributed by atoms with van der Waals surface area (Å²) in [5, 5.41) is 0. The van der Waals surface area contributed by atoms with Crippen molar-refractivity contribution >= 4 is 0 Å². The lowest BCUT2D eigenvalue weighted by Gasteiger charge is -2.42. The quantitative estimate of drug-likeness (QED) is 0.615. The first kappa shape index (κ1) is 9.96. The summed E-state index contributed by atoms with van der Waals surface area (Å²) in [4.78, 5) is 2.41. The molecule has 0 aliphatic carbocycles. The van der Waals surface area contributed by atoms with Crippen LogP contribution in [-0.2, 0) is 0 Å². The molecule has 0 spiro atoms. The van der Waals surface area contributed by atoms with Gasteiger partial charge in [0.2, 0.25) is 0 Å². The third-order valence-corrected chi connectivity index (χ3v) is 2.84. The van der Waals surface area contributed by atoms with Crippen molar-refractivity contribution in [3.63, 3.8) is 0 Å². The van der Waals surface area contributed by atoms with E-state index in [9.17, 15) is 0 Å². The molecule has 1 heterocycles.